The Morgan fingerprint density at radius 1 is 0.972 bits per heavy atom. The molecule has 9 heteroatoms. The number of primary amides is 1. The molecular weight excluding hydrogens is 474 g/mol. The van der Waals surface area contributed by atoms with Crippen molar-refractivity contribution in [2.24, 2.45) is 11.7 Å². The standard InChI is InChI=1S/C27H24ClN7O/c28-19-11-17-8-9-21(20-3-1-2-10-31-20)33-22(17)12-18(19)23-14-35-24(25(29)34-23)13-32-27(35)16-6-4-15(5-7-16)26(30)36/h1-3,8-16H,4-7H2,(H2,29,34)(H2,30,36). The smallest absolute Gasteiger partial charge is 0.220 e. The van der Waals surface area contributed by atoms with E-state index >= 15 is 0 Å². The van der Waals surface area contributed by atoms with Gasteiger partial charge in [-0.25, -0.2) is 15.0 Å². The molecule has 0 aliphatic heterocycles. The lowest BCUT2D eigenvalue weighted by atomic mass is 9.81. The zero-order valence-corrected chi connectivity index (χ0v) is 20.2. The van der Waals surface area contributed by atoms with E-state index in [1.54, 1.807) is 12.4 Å². The number of carbonyl (C=O) groups excluding carboxylic acids is 1. The highest BCUT2D eigenvalue weighted by atomic mass is 35.5. The molecule has 8 nitrogen and oxygen atoms in total. The minimum atomic E-state index is -0.220. The summed E-state index contributed by atoms with van der Waals surface area (Å²) in [7, 11) is 0. The number of halogens is 1. The summed E-state index contributed by atoms with van der Waals surface area (Å²) in [6.45, 7) is 0. The van der Waals surface area contributed by atoms with Gasteiger partial charge in [0.1, 0.15) is 17.2 Å². The molecule has 0 radical (unpaired) electrons. The number of nitrogens with two attached hydrogens (primary N) is 2. The molecule has 1 fully saturated rings. The van der Waals surface area contributed by atoms with Gasteiger partial charge in [-0.3, -0.25) is 14.2 Å². The third-order valence-electron chi connectivity index (χ3n) is 7.06. The van der Waals surface area contributed by atoms with Gasteiger partial charge in [0.2, 0.25) is 5.91 Å². The van der Waals surface area contributed by atoms with Gasteiger partial charge in [-0.05, 0) is 56.0 Å². The van der Waals surface area contributed by atoms with Crippen molar-refractivity contribution in [2.45, 2.75) is 31.6 Å². The number of benzene rings is 1. The average Bonchev–Trinajstić information content (AvgIpc) is 3.33. The van der Waals surface area contributed by atoms with Crippen molar-refractivity contribution in [3.8, 4) is 22.6 Å². The highest BCUT2D eigenvalue weighted by Crippen LogP contribution is 2.37. The zero-order chi connectivity index (χ0) is 24.8. The first-order valence-corrected chi connectivity index (χ1v) is 12.3. The maximum absolute atomic E-state index is 11.6. The van der Waals surface area contributed by atoms with E-state index < -0.39 is 0 Å². The van der Waals surface area contributed by atoms with E-state index in [9.17, 15) is 4.79 Å². The Labute approximate surface area is 212 Å². The molecule has 4 heterocycles. The summed E-state index contributed by atoms with van der Waals surface area (Å²) in [5, 5.41) is 1.48. The first-order chi connectivity index (χ1) is 17.5. The summed E-state index contributed by atoms with van der Waals surface area (Å²) in [5.41, 5.74) is 16.4. The van der Waals surface area contributed by atoms with Crippen molar-refractivity contribution in [1.82, 2.24) is 24.3 Å². The van der Waals surface area contributed by atoms with Crippen LogP contribution in [0.2, 0.25) is 5.02 Å². The van der Waals surface area contributed by atoms with Crippen molar-refractivity contribution in [3.05, 3.63) is 71.9 Å². The number of anilines is 1. The molecular formula is C27H24ClN7O. The van der Waals surface area contributed by atoms with Gasteiger partial charge in [-0.2, -0.15) is 0 Å². The number of hydrogen-bond acceptors (Lipinski definition) is 6. The van der Waals surface area contributed by atoms with Gasteiger partial charge >= 0.3 is 0 Å². The lowest BCUT2D eigenvalue weighted by molar-refractivity contribution is -0.122. The van der Waals surface area contributed by atoms with Crippen LogP contribution in [0.3, 0.4) is 0 Å². The Morgan fingerprint density at radius 3 is 2.56 bits per heavy atom. The highest BCUT2D eigenvalue weighted by molar-refractivity contribution is 6.34. The van der Waals surface area contributed by atoms with E-state index in [2.05, 4.69) is 15.0 Å². The molecule has 1 aliphatic rings. The van der Waals surface area contributed by atoms with E-state index in [0.717, 1.165) is 64.9 Å². The number of nitrogen functional groups attached to an aromatic ring is 1. The van der Waals surface area contributed by atoms with Crippen LogP contribution in [0.5, 0.6) is 0 Å². The van der Waals surface area contributed by atoms with Gasteiger partial charge in [0.05, 0.1) is 33.8 Å². The van der Waals surface area contributed by atoms with Crippen molar-refractivity contribution < 1.29 is 4.79 Å². The second-order valence-corrected chi connectivity index (χ2v) is 9.68. The number of pyridine rings is 2. The topological polar surface area (TPSA) is 125 Å². The van der Waals surface area contributed by atoms with Crippen LogP contribution in [0.1, 0.15) is 37.4 Å². The molecule has 1 amide bonds. The van der Waals surface area contributed by atoms with Crippen LogP contribution >= 0.6 is 11.6 Å². The van der Waals surface area contributed by atoms with Crippen LogP contribution in [0.4, 0.5) is 5.82 Å². The minimum absolute atomic E-state index is 0.0605. The second-order valence-electron chi connectivity index (χ2n) is 9.27. The quantitative estimate of drug-likeness (QED) is 0.360. The SMILES string of the molecule is NC(=O)C1CCC(c2ncc3c(N)nc(-c4cc5nc(-c6ccccn6)ccc5cc4Cl)cn23)CC1. The molecule has 0 atom stereocenters. The maximum atomic E-state index is 11.6. The predicted octanol–water partition coefficient (Wildman–Crippen LogP) is 5.00. The van der Waals surface area contributed by atoms with Crippen LogP contribution in [0.25, 0.3) is 39.1 Å². The van der Waals surface area contributed by atoms with Crippen molar-refractivity contribution >= 4 is 39.7 Å². The lowest BCUT2D eigenvalue weighted by Gasteiger charge is -2.26. The van der Waals surface area contributed by atoms with Crippen LogP contribution in [-0.2, 0) is 4.79 Å². The molecule has 0 saturated heterocycles. The van der Waals surface area contributed by atoms with Gasteiger partial charge < -0.3 is 11.5 Å². The van der Waals surface area contributed by atoms with Gasteiger partial charge in [-0.1, -0.05) is 23.7 Å². The molecule has 0 spiro atoms. The fraction of sp³-hybridized carbons (Fsp3) is 0.222. The van der Waals surface area contributed by atoms with Crippen LogP contribution < -0.4 is 11.5 Å². The third kappa shape index (κ3) is 3.93. The fourth-order valence-electron chi connectivity index (χ4n) is 5.10. The molecule has 4 N–H and O–H groups in total. The van der Waals surface area contributed by atoms with Crippen LogP contribution in [0.15, 0.2) is 61.1 Å². The highest BCUT2D eigenvalue weighted by Gasteiger charge is 2.28. The Hall–Kier alpha value is -4.04. The molecule has 4 aromatic heterocycles. The minimum Gasteiger partial charge on any atom is -0.382 e. The Bertz CT molecular complexity index is 1610. The van der Waals surface area contributed by atoms with E-state index in [0.29, 0.717) is 16.5 Å². The Morgan fingerprint density at radius 2 is 1.81 bits per heavy atom. The summed E-state index contributed by atoms with van der Waals surface area (Å²) < 4.78 is 2.01. The molecule has 1 aliphatic carbocycles. The summed E-state index contributed by atoms with van der Waals surface area (Å²) in [6, 6.07) is 13.5. The zero-order valence-electron chi connectivity index (χ0n) is 19.4. The monoisotopic (exact) mass is 497 g/mol. The molecule has 0 bridgehead atoms. The summed E-state index contributed by atoms with van der Waals surface area (Å²) in [6.07, 6.45) is 8.67. The number of rotatable bonds is 4. The Kier molecular flexibility index (Phi) is 5.53. The molecule has 180 valence electrons. The van der Waals surface area contributed by atoms with Gasteiger partial charge in [0.15, 0.2) is 0 Å². The fourth-order valence-corrected chi connectivity index (χ4v) is 5.37. The first kappa shape index (κ1) is 22.4. The van der Waals surface area contributed by atoms with Crippen LogP contribution in [-0.4, -0.2) is 30.2 Å². The van der Waals surface area contributed by atoms with E-state index in [1.165, 1.54) is 0 Å². The van der Waals surface area contributed by atoms with Gasteiger partial charge in [-0.15, -0.1) is 0 Å². The predicted molar refractivity (Wildman–Crippen MR) is 140 cm³/mol. The first-order valence-electron chi connectivity index (χ1n) is 11.9. The van der Waals surface area contributed by atoms with Crippen molar-refractivity contribution in [2.75, 3.05) is 5.73 Å². The number of carbonyl (C=O) groups is 1. The molecule has 1 aromatic carbocycles. The number of fused-ring (bicyclic) bond motifs is 2. The van der Waals surface area contributed by atoms with E-state index in [1.807, 2.05) is 53.1 Å². The Balaban J connectivity index is 1.42. The van der Waals surface area contributed by atoms with Gasteiger partial charge in [0, 0.05) is 35.2 Å². The summed E-state index contributed by atoms with van der Waals surface area (Å²) in [5.74, 6) is 1.23. The number of amides is 1. The number of hydrogen-bond donors (Lipinski definition) is 2. The largest absolute Gasteiger partial charge is 0.382 e. The van der Waals surface area contributed by atoms with E-state index in [4.69, 9.17) is 28.1 Å². The van der Waals surface area contributed by atoms with Gasteiger partial charge in [0.25, 0.3) is 0 Å². The van der Waals surface area contributed by atoms with Crippen molar-refractivity contribution in [1.29, 1.82) is 0 Å². The third-order valence-corrected chi connectivity index (χ3v) is 7.37. The lowest BCUT2D eigenvalue weighted by Crippen LogP contribution is -2.27. The number of aromatic nitrogens is 5. The number of nitrogens with zero attached hydrogens (tertiary/aromatic N) is 5. The van der Waals surface area contributed by atoms with Crippen molar-refractivity contribution in [3.63, 3.8) is 0 Å². The van der Waals surface area contributed by atoms with Crippen LogP contribution in [0, 0.1) is 5.92 Å². The molecule has 0 unspecified atom stereocenters. The second kappa shape index (κ2) is 8.87. The van der Waals surface area contributed by atoms with E-state index in [-0.39, 0.29) is 17.7 Å². The maximum Gasteiger partial charge on any atom is 0.220 e. The molecule has 5 aromatic rings. The summed E-state index contributed by atoms with van der Waals surface area (Å²) in [4.78, 5) is 30.1. The molecule has 36 heavy (non-hydrogen) atoms. The average molecular weight is 498 g/mol. The number of imidazole rings is 1. The molecule has 6 rings (SSSR count). The normalized spacial score (nSPS) is 18.0. The summed E-state index contributed by atoms with van der Waals surface area (Å²) >= 11 is 6.72. The molecule has 1 saturated carbocycles.